The molecule has 21 heavy (non-hydrogen) atoms. The van der Waals surface area contributed by atoms with Crippen molar-refractivity contribution in [2.24, 2.45) is 5.92 Å². The fourth-order valence-electron chi connectivity index (χ4n) is 2.68. The van der Waals surface area contributed by atoms with Gasteiger partial charge in [-0.15, -0.1) is 0 Å². The van der Waals surface area contributed by atoms with E-state index in [1.54, 1.807) is 12.1 Å². The number of sulfonamides is 1. The summed E-state index contributed by atoms with van der Waals surface area (Å²) < 4.78 is 27.6. The molecule has 0 saturated heterocycles. The van der Waals surface area contributed by atoms with E-state index in [0.717, 1.165) is 19.3 Å². The average molecular weight is 310 g/mol. The van der Waals surface area contributed by atoms with Gasteiger partial charge in [0.2, 0.25) is 15.9 Å². The first kappa shape index (κ1) is 16.0. The van der Waals surface area contributed by atoms with Gasteiger partial charge in [0.25, 0.3) is 0 Å². The maximum atomic E-state index is 12.4. The summed E-state index contributed by atoms with van der Waals surface area (Å²) in [5.74, 6) is 0.187. The number of anilines is 1. The zero-order valence-electron chi connectivity index (χ0n) is 12.4. The molecule has 6 heteroatoms. The lowest BCUT2D eigenvalue weighted by atomic mass is 9.87. The summed E-state index contributed by atoms with van der Waals surface area (Å²) in [6.45, 7) is 3.50. The van der Waals surface area contributed by atoms with Crippen molar-refractivity contribution in [3.05, 3.63) is 24.3 Å². The third kappa shape index (κ3) is 4.28. The molecule has 1 fully saturated rings. The van der Waals surface area contributed by atoms with Crippen LogP contribution in [0.5, 0.6) is 0 Å². The smallest absolute Gasteiger partial charge is 0.240 e. The summed E-state index contributed by atoms with van der Waals surface area (Å²) in [7, 11) is -3.50. The van der Waals surface area contributed by atoms with Gasteiger partial charge in [-0.1, -0.05) is 19.8 Å². The molecule has 0 bridgehead atoms. The molecule has 0 spiro atoms. The van der Waals surface area contributed by atoms with Crippen LogP contribution in [0.15, 0.2) is 29.2 Å². The Bertz CT molecular complexity index is 596. The van der Waals surface area contributed by atoms with Crippen LogP contribution >= 0.6 is 0 Å². The minimum absolute atomic E-state index is 0.0128. The fraction of sp³-hybridized carbons (Fsp3) is 0.533. The lowest BCUT2D eigenvalue weighted by Crippen LogP contribution is -2.40. The van der Waals surface area contributed by atoms with Gasteiger partial charge in [-0.2, -0.15) is 0 Å². The fourth-order valence-corrected chi connectivity index (χ4v) is 4.06. The van der Waals surface area contributed by atoms with Crippen LogP contribution < -0.4 is 10.0 Å². The molecule has 0 unspecified atom stereocenters. The third-order valence-electron chi connectivity index (χ3n) is 3.90. The van der Waals surface area contributed by atoms with Gasteiger partial charge in [0.1, 0.15) is 0 Å². The van der Waals surface area contributed by atoms with Gasteiger partial charge < -0.3 is 5.32 Å². The number of carbonyl (C=O) groups excluding carboxylic acids is 1. The summed E-state index contributed by atoms with van der Waals surface area (Å²) in [6, 6.07) is 6.24. The molecular formula is C15H22N2O3S. The van der Waals surface area contributed by atoms with Crippen molar-refractivity contribution in [3.8, 4) is 0 Å². The number of benzene rings is 1. The third-order valence-corrected chi connectivity index (χ3v) is 5.41. The highest BCUT2D eigenvalue weighted by Gasteiger charge is 2.26. The molecule has 0 aromatic heterocycles. The van der Waals surface area contributed by atoms with Gasteiger partial charge in [-0.25, -0.2) is 13.1 Å². The molecule has 1 aromatic rings. The van der Waals surface area contributed by atoms with Crippen LogP contribution in [-0.4, -0.2) is 20.4 Å². The van der Waals surface area contributed by atoms with Crippen LogP contribution in [0.3, 0.4) is 0 Å². The average Bonchev–Trinajstić information content (AvgIpc) is 2.41. The van der Waals surface area contributed by atoms with E-state index < -0.39 is 10.0 Å². The summed E-state index contributed by atoms with van der Waals surface area (Å²) >= 11 is 0. The topological polar surface area (TPSA) is 75.3 Å². The normalized spacial score (nSPS) is 22.8. The first-order chi connectivity index (χ1) is 9.88. The maximum absolute atomic E-state index is 12.4. The van der Waals surface area contributed by atoms with E-state index in [9.17, 15) is 13.2 Å². The molecule has 2 N–H and O–H groups in total. The predicted molar refractivity (Wildman–Crippen MR) is 82.5 cm³/mol. The van der Waals surface area contributed by atoms with E-state index in [0.29, 0.717) is 11.6 Å². The van der Waals surface area contributed by atoms with E-state index >= 15 is 0 Å². The molecular weight excluding hydrogens is 288 g/mol. The van der Waals surface area contributed by atoms with Gasteiger partial charge in [0, 0.05) is 18.7 Å². The highest BCUT2D eigenvalue weighted by Crippen LogP contribution is 2.25. The molecule has 0 radical (unpaired) electrons. The summed E-state index contributed by atoms with van der Waals surface area (Å²) in [4.78, 5) is 11.2. The predicted octanol–water partition coefficient (Wildman–Crippen LogP) is 2.50. The van der Waals surface area contributed by atoms with Crippen molar-refractivity contribution in [3.63, 3.8) is 0 Å². The second-order valence-electron chi connectivity index (χ2n) is 5.70. The molecule has 1 aliphatic rings. The quantitative estimate of drug-likeness (QED) is 0.897. The van der Waals surface area contributed by atoms with E-state index in [1.807, 2.05) is 0 Å². The van der Waals surface area contributed by atoms with Crippen LogP contribution in [0.2, 0.25) is 0 Å². The van der Waals surface area contributed by atoms with Crippen molar-refractivity contribution in [2.45, 2.75) is 50.5 Å². The van der Waals surface area contributed by atoms with E-state index in [2.05, 4.69) is 17.0 Å². The van der Waals surface area contributed by atoms with Crippen molar-refractivity contribution in [1.29, 1.82) is 0 Å². The number of carbonyl (C=O) groups is 1. The molecule has 0 heterocycles. The van der Waals surface area contributed by atoms with Gasteiger partial charge >= 0.3 is 0 Å². The van der Waals surface area contributed by atoms with Crippen molar-refractivity contribution in [2.75, 3.05) is 5.32 Å². The monoisotopic (exact) mass is 310 g/mol. The number of nitrogens with one attached hydrogen (secondary N) is 2. The van der Waals surface area contributed by atoms with Crippen molar-refractivity contribution < 1.29 is 13.2 Å². The Labute approximate surface area is 126 Å². The Balaban J connectivity index is 2.10. The van der Waals surface area contributed by atoms with Crippen molar-refractivity contribution >= 4 is 21.6 Å². The molecule has 2 atom stereocenters. The number of hydrogen-bond acceptors (Lipinski definition) is 3. The lowest BCUT2D eigenvalue weighted by molar-refractivity contribution is -0.114. The molecule has 1 aromatic carbocycles. The number of hydrogen-bond donors (Lipinski definition) is 2. The second kappa shape index (κ2) is 6.58. The SMILES string of the molecule is CC(=O)Nc1ccc(S(=O)(=O)N[C@@H]2CCCC[C@H]2C)cc1. The molecule has 1 amide bonds. The Kier molecular flexibility index (Phi) is 5.00. The Morgan fingerprint density at radius 1 is 1.14 bits per heavy atom. The highest BCUT2D eigenvalue weighted by molar-refractivity contribution is 7.89. The highest BCUT2D eigenvalue weighted by atomic mass is 32.2. The standard InChI is InChI=1S/C15H22N2O3S/c1-11-5-3-4-6-15(11)17-21(19,20)14-9-7-13(8-10-14)16-12(2)18/h7-11,15,17H,3-6H2,1-2H3,(H,16,18)/t11-,15-/m1/s1. The van der Waals surface area contributed by atoms with Gasteiger partial charge in [0.05, 0.1) is 4.90 Å². The van der Waals surface area contributed by atoms with Gasteiger partial charge in [0.15, 0.2) is 0 Å². The van der Waals surface area contributed by atoms with Crippen LogP contribution in [-0.2, 0) is 14.8 Å². The molecule has 1 saturated carbocycles. The van der Waals surface area contributed by atoms with Crippen LogP contribution in [0.4, 0.5) is 5.69 Å². The first-order valence-electron chi connectivity index (χ1n) is 7.28. The van der Waals surface area contributed by atoms with Gasteiger partial charge in [-0.05, 0) is 43.0 Å². The molecule has 116 valence electrons. The van der Waals surface area contributed by atoms with Crippen LogP contribution in [0.1, 0.15) is 39.5 Å². The zero-order chi connectivity index (χ0) is 15.5. The van der Waals surface area contributed by atoms with E-state index in [4.69, 9.17) is 0 Å². The van der Waals surface area contributed by atoms with Crippen LogP contribution in [0.25, 0.3) is 0 Å². The van der Waals surface area contributed by atoms with Gasteiger partial charge in [-0.3, -0.25) is 4.79 Å². The Morgan fingerprint density at radius 2 is 1.76 bits per heavy atom. The van der Waals surface area contributed by atoms with E-state index in [-0.39, 0.29) is 16.8 Å². The minimum Gasteiger partial charge on any atom is -0.326 e. The minimum atomic E-state index is -3.50. The molecule has 2 rings (SSSR count). The lowest BCUT2D eigenvalue weighted by Gasteiger charge is -2.29. The molecule has 0 aliphatic heterocycles. The Hall–Kier alpha value is -1.40. The second-order valence-corrected chi connectivity index (χ2v) is 7.41. The maximum Gasteiger partial charge on any atom is 0.240 e. The van der Waals surface area contributed by atoms with E-state index in [1.165, 1.54) is 25.5 Å². The molecule has 5 nitrogen and oxygen atoms in total. The van der Waals surface area contributed by atoms with Crippen molar-refractivity contribution in [1.82, 2.24) is 4.72 Å². The first-order valence-corrected chi connectivity index (χ1v) is 8.77. The molecule has 1 aliphatic carbocycles. The summed E-state index contributed by atoms with van der Waals surface area (Å²) in [5, 5.41) is 2.62. The Morgan fingerprint density at radius 3 is 2.33 bits per heavy atom. The zero-order valence-corrected chi connectivity index (χ0v) is 13.2. The number of rotatable bonds is 4. The summed E-state index contributed by atoms with van der Waals surface area (Å²) in [5.41, 5.74) is 0.590. The number of amides is 1. The summed E-state index contributed by atoms with van der Waals surface area (Å²) in [6.07, 6.45) is 4.20. The largest absolute Gasteiger partial charge is 0.326 e. The van der Waals surface area contributed by atoms with Crippen LogP contribution in [0, 0.1) is 5.92 Å².